The van der Waals surface area contributed by atoms with Gasteiger partial charge in [0.25, 0.3) is 5.91 Å². The topological polar surface area (TPSA) is 58.2 Å². The van der Waals surface area contributed by atoms with Gasteiger partial charge in [-0.05, 0) is 32.2 Å². The summed E-state index contributed by atoms with van der Waals surface area (Å²) < 4.78 is 0. The summed E-state index contributed by atoms with van der Waals surface area (Å²) >= 11 is 1.45. The van der Waals surface area contributed by atoms with Crippen molar-refractivity contribution in [2.75, 3.05) is 6.54 Å². The van der Waals surface area contributed by atoms with E-state index in [1.807, 2.05) is 26.2 Å². The zero-order valence-corrected chi connectivity index (χ0v) is 10.5. The van der Waals surface area contributed by atoms with Crippen LogP contribution in [0.1, 0.15) is 31.1 Å². The van der Waals surface area contributed by atoms with E-state index in [0.717, 1.165) is 0 Å². The van der Waals surface area contributed by atoms with Crippen molar-refractivity contribution in [1.29, 1.82) is 0 Å². The number of nitrogens with one attached hydrogen (secondary N) is 2. The van der Waals surface area contributed by atoms with E-state index in [2.05, 4.69) is 10.6 Å². The summed E-state index contributed by atoms with van der Waals surface area (Å²) in [6, 6.07) is 1.72. The minimum absolute atomic E-state index is 0.00590. The maximum Gasteiger partial charge on any atom is 0.252 e. The van der Waals surface area contributed by atoms with Crippen LogP contribution in [0.3, 0.4) is 0 Å². The lowest BCUT2D eigenvalue weighted by Crippen LogP contribution is -2.45. The zero-order valence-electron chi connectivity index (χ0n) is 9.66. The molecule has 2 N–H and O–H groups in total. The summed E-state index contributed by atoms with van der Waals surface area (Å²) in [5.41, 5.74) is 0.318. The Bertz CT molecular complexity index is 366. The molecule has 0 bridgehead atoms. The molecule has 1 aromatic heterocycles. The first-order valence-electron chi connectivity index (χ1n) is 5.00. The average molecular weight is 240 g/mol. The van der Waals surface area contributed by atoms with Gasteiger partial charge in [-0.15, -0.1) is 0 Å². The second-order valence-corrected chi connectivity index (χ2v) is 5.27. The molecule has 0 radical (unpaired) electrons. The smallest absolute Gasteiger partial charge is 0.252 e. The van der Waals surface area contributed by atoms with Crippen LogP contribution < -0.4 is 10.6 Å². The second kappa shape index (κ2) is 5.12. The van der Waals surface area contributed by atoms with E-state index in [4.69, 9.17) is 0 Å². The van der Waals surface area contributed by atoms with Gasteiger partial charge in [0, 0.05) is 16.5 Å². The quantitative estimate of drug-likeness (QED) is 0.839. The van der Waals surface area contributed by atoms with E-state index in [1.165, 1.54) is 11.3 Å². The van der Waals surface area contributed by atoms with E-state index >= 15 is 0 Å². The van der Waals surface area contributed by atoms with E-state index in [1.54, 1.807) is 11.4 Å². The average Bonchev–Trinajstić information content (AvgIpc) is 2.64. The largest absolute Gasteiger partial charge is 0.350 e. The van der Waals surface area contributed by atoms with Crippen molar-refractivity contribution < 1.29 is 9.59 Å². The van der Waals surface area contributed by atoms with Crippen molar-refractivity contribution in [3.05, 3.63) is 22.4 Å². The third kappa shape index (κ3) is 4.44. The molecule has 1 rings (SSSR count). The fourth-order valence-corrected chi connectivity index (χ4v) is 1.75. The summed E-state index contributed by atoms with van der Waals surface area (Å²) in [6.45, 7) is 5.69. The van der Waals surface area contributed by atoms with Crippen molar-refractivity contribution in [2.24, 2.45) is 0 Å². The first kappa shape index (κ1) is 12.7. The molecule has 0 fully saturated rings. The van der Waals surface area contributed by atoms with Crippen molar-refractivity contribution in [1.82, 2.24) is 10.6 Å². The number of hydrogen-bond acceptors (Lipinski definition) is 3. The number of carbonyl (C=O) groups is 2. The Morgan fingerprint density at radius 3 is 2.56 bits per heavy atom. The zero-order chi connectivity index (χ0) is 12.2. The Labute approximate surface area is 99.0 Å². The lowest BCUT2D eigenvalue weighted by molar-refractivity contribution is -0.121. The van der Waals surface area contributed by atoms with E-state index in [0.29, 0.717) is 5.56 Å². The third-order valence-electron chi connectivity index (χ3n) is 1.71. The SMILES string of the molecule is CC(C)(C)NC(=O)CNC(=O)c1ccsc1. The molecule has 1 heterocycles. The lowest BCUT2D eigenvalue weighted by atomic mass is 10.1. The number of carbonyl (C=O) groups excluding carboxylic acids is 2. The molecule has 0 aliphatic heterocycles. The highest BCUT2D eigenvalue weighted by Crippen LogP contribution is 2.05. The van der Waals surface area contributed by atoms with E-state index < -0.39 is 0 Å². The van der Waals surface area contributed by atoms with Gasteiger partial charge in [-0.3, -0.25) is 9.59 Å². The summed E-state index contributed by atoms with van der Waals surface area (Å²) in [4.78, 5) is 22.9. The summed E-state index contributed by atoms with van der Waals surface area (Å²) in [5.74, 6) is -0.401. The highest BCUT2D eigenvalue weighted by molar-refractivity contribution is 7.08. The van der Waals surface area contributed by atoms with Crippen molar-refractivity contribution in [3.63, 3.8) is 0 Å². The molecule has 0 aliphatic carbocycles. The van der Waals surface area contributed by atoms with Crippen molar-refractivity contribution in [2.45, 2.75) is 26.3 Å². The molecule has 0 saturated heterocycles. The Hall–Kier alpha value is -1.36. The van der Waals surface area contributed by atoms with Gasteiger partial charge in [-0.1, -0.05) is 0 Å². The third-order valence-corrected chi connectivity index (χ3v) is 2.39. The van der Waals surface area contributed by atoms with E-state index in [9.17, 15) is 9.59 Å². The summed E-state index contributed by atoms with van der Waals surface area (Å²) in [5, 5.41) is 8.90. The Balaban J connectivity index is 2.35. The molecule has 5 heteroatoms. The highest BCUT2D eigenvalue weighted by atomic mass is 32.1. The van der Waals surface area contributed by atoms with Crippen molar-refractivity contribution >= 4 is 23.2 Å². The molecule has 0 saturated carbocycles. The molecular formula is C11H16N2O2S. The molecular weight excluding hydrogens is 224 g/mol. The Morgan fingerprint density at radius 1 is 1.38 bits per heavy atom. The minimum Gasteiger partial charge on any atom is -0.350 e. The molecule has 0 spiro atoms. The fraction of sp³-hybridized carbons (Fsp3) is 0.455. The van der Waals surface area contributed by atoms with Crippen LogP contribution in [0.5, 0.6) is 0 Å². The normalized spacial score (nSPS) is 10.9. The van der Waals surface area contributed by atoms with Crippen molar-refractivity contribution in [3.8, 4) is 0 Å². The molecule has 88 valence electrons. The molecule has 2 amide bonds. The van der Waals surface area contributed by atoms with E-state index in [-0.39, 0.29) is 23.9 Å². The summed E-state index contributed by atoms with van der Waals surface area (Å²) in [7, 11) is 0. The number of amides is 2. The summed E-state index contributed by atoms with van der Waals surface area (Å²) in [6.07, 6.45) is 0. The van der Waals surface area contributed by atoms with Crippen LogP contribution in [0.2, 0.25) is 0 Å². The van der Waals surface area contributed by atoms with Crippen LogP contribution >= 0.6 is 11.3 Å². The molecule has 16 heavy (non-hydrogen) atoms. The van der Waals surface area contributed by atoms with Gasteiger partial charge in [0.15, 0.2) is 0 Å². The minimum atomic E-state index is -0.274. The van der Waals surface area contributed by atoms with Crippen LogP contribution in [0, 0.1) is 0 Å². The number of hydrogen-bond donors (Lipinski definition) is 2. The van der Waals surface area contributed by atoms with Crippen LogP contribution in [0.4, 0.5) is 0 Å². The van der Waals surface area contributed by atoms with Gasteiger partial charge >= 0.3 is 0 Å². The number of thiophene rings is 1. The van der Waals surface area contributed by atoms with Gasteiger partial charge < -0.3 is 10.6 Å². The molecule has 0 unspecified atom stereocenters. The van der Waals surface area contributed by atoms with Crippen LogP contribution in [-0.4, -0.2) is 23.9 Å². The Morgan fingerprint density at radius 2 is 2.06 bits per heavy atom. The molecule has 0 aromatic carbocycles. The fourth-order valence-electron chi connectivity index (χ4n) is 1.12. The molecule has 4 nitrogen and oxygen atoms in total. The lowest BCUT2D eigenvalue weighted by Gasteiger charge is -2.20. The van der Waals surface area contributed by atoms with Gasteiger partial charge in [0.1, 0.15) is 0 Å². The highest BCUT2D eigenvalue weighted by Gasteiger charge is 2.14. The van der Waals surface area contributed by atoms with Gasteiger partial charge in [-0.25, -0.2) is 0 Å². The van der Waals surface area contributed by atoms with Crippen LogP contribution in [-0.2, 0) is 4.79 Å². The predicted octanol–water partition coefficient (Wildman–Crippen LogP) is 1.39. The van der Waals surface area contributed by atoms with Gasteiger partial charge in [0.05, 0.1) is 6.54 Å². The number of rotatable bonds is 3. The van der Waals surface area contributed by atoms with Gasteiger partial charge in [-0.2, -0.15) is 11.3 Å². The monoisotopic (exact) mass is 240 g/mol. The first-order valence-corrected chi connectivity index (χ1v) is 5.94. The molecule has 0 aliphatic rings. The predicted molar refractivity (Wildman–Crippen MR) is 64.5 cm³/mol. The van der Waals surface area contributed by atoms with Crippen LogP contribution in [0.25, 0.3) is 0 Å². The molecule has 1 aromatic rings. The van der Waals surface area contributed by atoms with Gasteiger partial charge in [0.2, 0.25) is 5.91 Å². The molecule has 0 atom stereocenters. The first-order chi connectivity index (χ1) is 7.38. The Kier molecular flexibility index (Phi) is 4.06. The standard InChI is InChI=1S/C11H16N2O2S/c1-11(2,3)13-9(14)6-12-10(15)8-4-5-16-7-8/h4-5,7H,6H2,1-3H3,(H,12,15)(H,13,14). The maximum absolute atomic E-state index is 11.5. The second-order valence-electron chi connectivity index (χ2n) is 4.49. The maximum atomic E-state index is 11.5. The van der Waals surface area contributed by atoms with Crippen LogP contribution in [0.15, 0.2) is 16.8 Å².